The first-order valence-electron chi connectivity index (χ1n) is 3.13. The van der Waals surface area contributed by atoms with E-state index in [2.05, 4.69) is 16.3 Å². The number of hydrogen-bond donors (Lipinski definition) is 1. The zero-order chi connectivity index (χ0) is 8.69. The van der Waals surface area contributed by atoms with Crippen molar-refractivity contribution < 1.29 is 19.6 Å². The van der Waals surface area contributed by atoms with Crippen molar-refractivity contribution >= 4 is 13.5 Å². The highest BCUT2D eigenvalue weighted by Crippen LogP contribution is 1.91. The molecule has 0 bridgehead atoms. The molecule has 1 aliphatic rings. The SMILES string of the molecule is C=C(C)C(=O)O.[B]1CCOO1. The van der Waals surface area contributed by atoms with E-state index in [1.54, 1.807) is 7.48 Å². The lowest BCUT2D eigenvalue weighted by atomic mass is 9.99. The fraction of sp³-hybridized carbons (Fsp3) is 0.500. The highest BCUT2D eigenvalue weighted by Gasteiger charge is 2.00. The molecule has 5 heteroatoms. The van der Waals surface area contributed by atoms with Gasteiger partial charge < -0.3 is 9.91 Å². The average Bonchev–Trinajstić information content (AvgIpc) is 2.41. The Kier molecular flexibility index (Phi) is 5.51. The summed E-state index contributed by atoms with van der Waals surface area (Å²) in [6.45, 7) is 5.32. The predicted octanol–water partition coefficient (Wildman–Crippen LogP) is 0.633. The van der Waals surface area contributed by atoms with Gasteiger partial charge in [-0.05, 0) is 13.2 Å². The molecule has 1 rings (SSSR count). The van der Waals surface area contributed by atoms with Gasteiger partial charge in [0.2, 0.25) is 0 Å². The molecule has 11 heavy (non-hydrogen) atoms. The number of carbonyl (C=O) groups is 1. The maximum Gasteiger partial charge on any atom is 0.346 e. The van der Waals surface area contributed by atoms with Crippen LogP contribution in [0.25, 0.3) is 0 Å². The molecule has 1 N–H and O–H groups in total. The topological polar surface area (TPSA) is 55.8 Å². The summed E-state index contributed by atoms with van der Waals surface area (Å²) in [5.41, 5.74) is 0.176. The van der Waals surface area contributed by atoms with Gasteiger partial charge in [-0.1, -0.05) is 6.58 Å². The van der Waals surface area contributed by atoms with E-state index in [9.17, 15) is 4.79 Å². The smallest absolute Gasteiger partial charge is 0.346 e. The molecule has 0 atom stereocenters. The maximum absolute atomic E-state index is 9.60. The zero-order valence-corrected chi connectivity index (χ0v) is 6.37. The molecule has 0 aromatic heterocycles. The van der Waals surface area contributed by atoms with Gasteiger partial charge in [0, 0.05) is 5.57 Å². The minimum atomic E-state index is -0.935. The summed E-state index contributed by atoms with van der Waals surface area (Å²) >= 11 is 0. The van der Waals surface area contributed by atoms with Crippen molar-refractivity contribution in [3.63, 3.8) is 0 Å². The lowest BCUT2D eigenvalue weighted by molar-refractivity contribution is -0.181. The summed E-state index contributed by atoms with van der Waals surface area (Å²) in [6, 6.07) is 0. The molecular formula is C6H10BO4. The molecule has 1 aliphatic heterocycles. The third-order valence-corrected chi connectivity index (χ3v) is 0.820. The van der Waals surface area contributed by atoms with Crippen molar-refractivity contribution in [3.8, 4) is 0 Å². The monoisotopic (exact) mass is 157 g/mol. The highest BCUT2D eigenvalue weighted by molar-refractivity contribution is 6.27. The average molecular weight is 157 g/mol. The van der Waals surface area contributed by atoms with Crippen LogP contribution in [0.5, 0.6) is 0 Å². The molecule has 0 aromatic rings. The second-order valence-electron chi connectivity index (χ2n) is 1.96. The van der Waals surface area contributed by atoms with E-state index in [0.29, 0.717) is 0 Å². The minimum Gasteiger partial charge on any atom is -0.478 e. The molecule has 0 amide bonds. The number of rotatable bonds is 1. The molecule has 0 saturated carbocycles. The Morgan fingerprint density at radius 3 is 2.36 bits per heavy atom. The quantitative estimate of drug-likeness (QED) is 0.344. The fourth-order valence-corrected chi connectivity index (χ4v) is 0.241. The first kappa shape index (κ1) is 10.2. The van der Waals surface area contributed by atoms with Gasteiger partial charge in [0.1, 0.15) is 0 Å². The zero-order valence-electron chi connectivity index (χ0n) is 6.37. The third-order valence-electron chi connectivity index (χ3n) is 0.820. The van der Waals surface area contributed by atoms with Crippen molar-refractivity contribution in [3.05, 3.63) is 12.2 Å². The minimum absolute atomic E-state index is 0.176. The number of hydrogen-bond acceptors (Lipinski definition) is 3. The van der Waals surface area contributed by atoms with Gasteiger partial charge in [-0.3, -0.25) is 4.89 Å². The molecule has 0 aromatic carbocycles. The Bertz CT molecular complexity index is 122. The maximum atomic E-state index is 9.60. The van der Waals surface area contributed by atoms with Crippen LogP contribution in [0, 0.1) is 0 Å². The Morgan fingerprint density at radius 1 is 1.73 bits per heavy atom. The third kappa shape index (κ3) is 7.09. The summed E-state index contributed by atoms with van der Waals surface area (Å²) in [4.78, 5) is 18.3. The summed E-state index contributed by atoms with van der Waals surface area (Å²) in [5.74, 6) is -0.935. The van der Waals surface area contributed by atoms with Gasteiger partial charge in [0.15, 0.2) is 0 Å². The first-order valence-corrected chi connectivity index (χ1v) is 3.13. The van der Waals surface area contributed by atoms with Crippen molar-refractivity contribution in [2.45, 2.75) is 13.2 Å². The van der Waals surface area contributed by atoms with Crippen molar-refractivity contribution in [1.29, 1.82) is 0 Å². The van der Waals surface area contributed by atoms with Crippen LogP contribution in [0.4, 0.5) is 0 Å². The van der Waals surface area contributed by atoms with Crippen LogP contribution in [-0.2, 0) is 14.5 Å². The van der Waals surface area contributed by atoms with Crippen LogP contribution in [0.1, 0.15) is 6.92 Å². The molecule has 0 unspecified atom stereocenters. The van der Waals surface area contributed by atoms with Gasteiger partial charge in [0.25, 0.3) is 0 Å². The first-order chi connectivity index (χ1) is 5.14. The van der Waals surface area contributed by atoms with Crippen LogP contribution >= 0.6 is 0 Å². The predicted molar refractivity (Wildman–Crippen MR) is 40.0 cm³/mol. The van der Waals surface area contributed by atoms with E-state index in [1.807, 2.05) is 0 Å². The van der Waals surface area contributed by atoms with E-state index in [0.717, 1.165) is 12.9 Å². The van der Waals surface area contributed by atoms with Crippen molar-refractivity contribution in [1.82, 2.24) is 0 Å². The van der Waals surface area contributed by atoms with E-state index < -0.39 is 5.97 Å². The van der Waals surface area contributed by atoms with E-state index in [-0.39, 0.29) is 5.57 Å². The number of carboxylic acid groups (broad SMARTS) is 1. The van der Waals surface area contributed by atoms with Crippen LogP contribution < -0.4 is 0 Å². The normalized spacial score (nSPS) is 14.3. The van der Waals surface area contributed by atoms with E-state index in [4.69, 9.17) is 5.11 Å². The Morgan fingerprint density at radius 2 is 2.27 bits per heavy atom. The lowest BCUT2D eigenvalue weighted by Gasteiger charge is -1.79. The Hall–Kier alpha value is -0.805. The second kappa shape index (κ2) is 5.94. The number of aliphatic carboxylic acids is 1. The molecule has 4 nitrogen and oxygen atoms in total. The van der Waals surface area contributed by atoms with Crippen LogP contribution in [0.15, 0.2) is 12.2 Å². The van der Waals surface area contributed by atoms with Gasteiger partial charge in [0.05, 0.1) is 6.61 Å². The second-order valence-corrected chi connectivity index (χ2v) is 1.96. The van der Waals surface area contributed by atoms with Crippen LogP contribution in [-0.4, -0.2) is 25.2 Å². The van der Waals surface area contributed by atoms with E-state index in [1.165, 1.54) is 6.92 Å². The highest BCUT2D eigenvalue weighted by atomic mass is 17.2. The van der Waals surface area contributed by atoms with Gasteiger partial charge in [-0.2, -0.15) is 0 Å². The molecular weight excluding hydrogens is 147 g/mol. The standard InChI is InChI=1S/C4H6O2.C2H4BO2/c1-3(2)4(5)6;1-2-4-5-3-1/h1H2,2H3,(H,5,6);1-2H2. The Labute approximate surface area is 66.0 Å². The summed E-state index contributed by atoms with van der Waals surface area (Å²) < 4.78 is 0. The van der Waals surface area contributed by atoms with Gasteiger partial charge in [-0.25, -0.2) is 4.79 Å². The van der Waals surface area contributed by atoms with Crippen LogP contribution in [0.2, 0.25) is 6.32 Å². The van der Waals surface area contributed by atoms with Crippen LogP contribution in [0.3, 0.4) is 0 Å². The lowest BCUT2D eigenvalue weighted by Crippen LogP contribution is -1.92. The molecule has 1 heterocycles. The molecule has 1 saturated heterocycles. The molecule has 0 spiro atoms. The largest absolute Gasteiger partial charge is 0.478 e. The summed E-state index contributed by atoms with van der Waals surface area (Å²) in [6.07, 6.45) is 0.931. The number of carboxylic acids is 1. The summed E-state index contributed by atoms with van der Waals surface area (Å²) in [7, 11) is 1.64. The molecule has 0 aliphatic carbocycles. The molecule has 1 radical (unpaired) electrons. The molecule has 1 fully saturated rings. The van der Waals surface area contributed by atoms with E-state index >= 15 is 0 Å². The van der Waals surface area contributed by atoms with Gasteiger partial charge in [-0.15, -0.1) is 0 Å². The van der Waals surface area contributed by atoms with Gasteiger partial charge >= 0.3 is 13.5 Å². The molecule has 61 valence electrons. The summed E-state index contributed by atoms with van der Waals surface area (Å²) in [5, 5.41) is 7.89. The Balaban J connectivity index is 0.000000183. The van der Waals surface area contributed by atoms with Crippen molar-refractivity contribution in [2.24, 2.45) is 0 Å². The fourth-order valence-electron chi connectivity index (χ4n) is 0.241. The van der Waals surface area contributed by atoms with Crippen molar-refractivity contribution in [2.75, 3.05) is 6.61 Å².